The van der Waals surface area contributed by atoms with Crippen LogP contribution in [0.3, 0.4) is 0 Å². The van der Waals surface area contributed by atoms with Crippen molar-refractivity contribution < 1.29 is 9.53 Å². The Morgan fingerprint density at radius 2 is 1.71 bits per heavy atom. The maximum absolute atomic E-state index is 12.8. The van der Waals surface area contributed by atoms with E-state index in [1.165, 1.54) is 0 Å². The summed E-state index contributed by atoms with van der Waals surface area (Å²) < 4.78 is 6.26. The third-order valence-corrected chi connectivity index (χ3v) is 6.38. The second-order valence-electron chi connectivity index (χ2n) is 8.66. The topological polar surface area (TPSA) is 32.8 Å². The number of carbonyl (C=O) groups excluding carboxylic acids is 1. The van der Waals surface area contributed by atoms with Crippen LogP contribution < -0.4 is 4.74 Å². The zero-order valence-electron chi connectivity index (χ0n) is 17.4. The van der Waals surface area contributed by atoms with E-state index in [1.54, 1.807) is 0 Å². The first kappa shape index (κ1) is 19.3. The number of carbonyl (C=O) groups is 1. The van der Waals surface area contributed by atoms with Crippen LogP contribution in [0.25, 0.3) is 10.8 Å². The Bertz CT molecular complexity index is 840. The molecular formula is C24H32N2O2. The van der Waals surface area contributed by atoms with Gasteiger partial charge in [-0.1, -0.05) is 12.1 Å². The molecule has 2 aliphatic heterocycles. The molecule has 0 bridgehead atoms. The fraction of sp³-hybridized carbons (Fsp3) is 0.542. The summed E-state index contributed by atoms with van der Waals surface area (Å²) in [5, 5.41) is 2.22. The lowest BCUT2D eigenvalue weighted by molar-refractivity contribution is 0.0747. The van der Waals surface area contributed by atoms with E-state index in [0.717, 1.165) is 67.4 Å². The molecule has 0 saturated carbocycles. The van der Waals surface area contributed by atoms with Crippen LogP contribution in [0.4, 0.5) is 0 Å². The van der Waals surface area contributed by atoms with Gasteiger partial charge in [0.15, 0.2) is 0 Å². The average molecular weight is 381 g/mol. The predicted octanol–water partition coefficient (Wildman–Crippen LogP) is 4.72. The fourth-order valence-corrected chi connectivity index (χ4v) is 4.53. The quantitative estimate of drug-likeness (QED) is 0.770. The molecule has 0 unspecified atom stereocenters. The van der Waals surface area contributed by atoms with Crippen molar-refractivity contribution in [2.75, 3.05) is 19.6 Å². The summed E-state index contributed by atoms with van der Waals surface area (Å²) in [6.07, 6.45) is 4.67. The molecule has 150 valence electrons. The molecule has 2 aliphatic rings. The van der Waals surface area contributed by atoms with Gasteiger partial charge in [-0.25, -0.2) is 0 Å². The van der Waals surface area contributed by atoms with E-state index in [-0.39, 0.29) is 5.91 Å². The van der Waals surface area contributed by atoms with Crippen molar-refractivity contribution in [1.29, 1.82) is 0 Å². The highest BCUT2D eigenvalue weighted by Gasteiger charge is 2.26. The molecule has 0 spiro atoms. The highest BCUT2D eigenvalue weighted by atomic mass is 16.5. The largest absolute Gasteiger partial charge is 0.490 e. The van der Waals surface area contributed by atoms with Gasteiger partial charge < -0.3 is 14.5 Å². The highest BCUT2D eigenvalue weighted by Crippen LogP contribution is 2.27. The monoisotopic (exact) mass is 380 g/mol. The Labute approximate surface area is 168 Å². The van der Waals surface area contributed by atoms with Gasteiger partial charge in [-0.15, -0.1) is 0 Å². The van der Waals surface area contributed by atoms with Crippen LogP contribution in [0.15, 0.2) is 36.4 Å². The highest BCUT2D eigenvalue weighted by molar-refractivity contribution is 5.99. The van der Waals surface area contributed by atoms with Crippen LogP contribution >= 0.6 is 0 Å². The van der Waals surface area contributed by atoms with E-state index in [0.29, 0.717) is 18.2 Å². The molecule has 2 aromatic carbocycles. The van der Waals surface area contributed by atoms with E-state index >= 15 is 0 Å². The van der Waals surface area contributed by atoms with Crippen LogP contribution in [0.5, 0.6) is 5.75 Å². The second kappa shape index (κ2) is 8.12. The Kier molecular flexibility index (Phi) is 5.58. The van der Waals surface area contributed by atoms with Crippen molar-refractivity contribution in [3.05, 3.63) is 42.0 Å². The standard InChI is InChI=1S/C24H32N2O2/c1-17(2)25-13-10-22(11-14-25)28-23-9-8-19-15-21(7-6-20(19)16-23)24(27)26-12-4-5-18(26)3/h6-9,15-18,22H,4-5,10-14H2,1-3H3/t18-/m1/s1. The number of benzene rings is 2. The Hall–Kier alpha value is -2.07. The van der Waals surface area contributed by atoms with Gasteiger partial charge in [0, 0.05) is 37.3 Å². The Balaban J connectivity index is 1.44. The number of amides is 1. The van der Waals surface area contributed by atoms with E-state index in [2.05, 4.69) is 43.9 Å². The molecule has 1 atom stereocenters. The molecule has 0 aromatic heterocycles. The number of hydrogen-bond acceptors (Lipinski definition) is 3. The summed E-state index contributed by atoms with van der Waals surface area (Å²) in [4.78, 5) is 17.3. The third kappa shape index (κ3) is 4.02. The number of fused-ring (bicyclic) bond motifs is 1. The first-order valence-electron chi connectivity index (χ1n) is 10.8. The van der Waals surface area contributed by atoms with Gasteiger partial charge in [0.05, 0.1) is 0 Å². The molecule has 4 heteroatoms. The van der Waals surface area contributed by atoms with Crippen molar-refractivity contribution in [3.63, 3.8) is 0 Å². The van der Waals surface area contributed by atoms with E-state index in [4.69, 9.17) is 4.74 Å². The van der Waals surface area contributed by atoms with Crippen molar-refractivity contribution in [2.24, 2.45) is 0 Å². The molecule has 2 aromatic rings. The molecule has 28 heavy (non-hydrogen) atoms. The second-order valence-corrected chi connectivity index (χ2v) is 8.66. The molecule has 4 rings (SSSR count). The van der Waals surface area contributed by atoms with Gasteiger partial charge in [-0.3, -0.25) is 4.79 Å². The van der Waals surface area contributed by atoms with Crippen molar-refractivity contribution in [2.45, 2.75) is 64.6 Å². The smallest absolute Gasteiger partial charge is 0.254 e. The average Bonchev–Trinajstić information content (AvgIpc) is 3.13. The number of likely N-dealkylation sites (tertiary alicyclic amines) is 2. The summed E-state index contributed by atoms with van der Waals surface area (Å²) in [6.45, 7) is 9.75. The van der Waals surface area contributed by atoms with Gasteiger partial charge in [-0.05, 0) is 81.5 Å². The number of nitrogens with zero attached hydrogens (tertiary/aromatic N) is 2. The summed E-state index contributed by atoms with van der Waals surface area (Å²) in [7, 11) is 0. The van der Waals surface area contributed by atoms with Crippen molar-refractivity contribution in [3.8, 4) is 5.75 Å². The van der Waals surface area contributed by atoms with Crippen molar-refractivity contribution in [1.82, 2.24) is 9.80 Å². The van der Waals surface area contributed by atoms with Crippen molar-refractivity contribution >= 4 is 16.7 Å². The van der Waals surface area contributed by atoms with Crippen LogP contribution in [0.1, 0.15) is 56.8 Å². The maximum atomic E-state index is 12.8. The lowest BCUT2D eigenvalue weighted by Crippen LogP contribution is -2.41. The fourth-order valence-electron chi connectivity index (χ4n) is 4.53. The number of rotatable bonds is 4. The molecule has 2 heterocycles. The van der Waals surface area contributed by atoms with Gasteiger partial charge in [0.2, 0.25) is 0 Å². The zero-order valence-corrected chi connectivity index (χ0v) is 17.4. The lowest BCUT2D eigenvalue weighted by atomic mass is 10.0. The summed E-state index contributed by atoms with van der Waals surface area (Å²) in [6, 6.07) is 13.2. The minimum atomic E-state index is 0.157. The molecule has 0 aliphatic carbocycles. The van der Waals surface area contributed by atoms with Gasteiger partial charge in [0.1, 0.15) is 11.9 Å². The lowest BCUT2D eigenvalue weighted by Gasteiger charge is -2.34. The first-order chi connectivity index (χ1) is 13.5. The summed E-state index contributed by atoms with van der Waals surface area (Å²) >= 11 is 0. The minimum absolute atomic E-state index is 0.157. The Morgan fingerprint density at radius 1 is 1.00 bits per heavy atom. The predicted molar refractivity (Wildman–Crippen MR) is 114 cm³/mol. The molecule has 1 amide bonds. The zero-order chi connectivity index (χ0) is 19.7. The molecule has 0 N–H and O–H groups in total. The van der Waals surface area contributed by atoms with E-state index in [1.807, 2.05) is 23.1 Å². The molecule has 4 nitrogen and oxygen atoms in total. The summed E-state index contributed by atoms with van der Waals surface area (Å²) in [5.74, 6) is 1.09. The third-order valence-electron chi connectivity index (χ3n) is 6.38. The van der Waals surface area contributed by atoms with Crippen LogP contribution in [-0.2, 0) is 0 Å². The SMILES string of the molecule is CC(C)N1CCC(Oc2ccc3cc(C(=O)N4CCC[C@H]4C)ccc3c2)CC1. The number of hydrogen-bond donors (Lipinski definition) is 0. The summed E-state index contributed by atoms with van der Waals surface area (Å²) in [5.41, 5.74) is 0.788. The molecular weight excluding hydrogens is 348 g/mol. The molecule has 2 saturated heterocycles. The van der Waals surface area contributed by atoms with Crippen LogP contribution in [-0.4, -0.2) is 53.5 Å². The number of piperidine rings is 1. The van der Waals surface area contributed by atoms with Crippen LogP contribution in [0, 0.1) is 0 Å². The minimum Gasteiger partial charge on any atom is -0.490 e. The van der Waals surface area contributed by atoms with Gasteiger partial charge in [-0.2, -0.15) is 0 Å². The Morgan fingerprint density at radius 3 is 2.39 bits per heavy atom. The molecule has 0 radical (unpaired) electrons. The first-order valence-corrected chi connectivity index (χ1v) is 10.8. The van der Waals surface area contributed by atoms with E-state index in [9.17, 15) is 4.79 Å². The maximum Gasteiger partial charge on any atom is 0.254 e. The van der Waals surface area contributed by atoms with Crippen LogP contribution in [0.2, 0.25) is 0 Å². The normalized spacial score (nSPS) is 21.6. The number of ether oxygens (including phenoxy) is 1. The van der Waals surface area contributed by atoms with Gasteiger partial charge in [0.25, 0.3) is 5.91 Å². The molecule has 2 fully saturated rings. The van der Waals surface area contributed by atoms with Gasteiger partial charge >= 0.3 is 0 Å². The van der Waals surface area contributed by atoms with E-state index < -0.39 is 0 Å².